The Hall–Kier alpha value is -2.37. The monoisotopic (exact) mass is 354 g/mol. The van der Waals surface area contributed by atoms with Crippen molar-refractivity contribution in [1.82, 2.24) is 19.6 Å². The van der Waals surface area contributed by atoms with Crippen molar-refractivity contribution in [3.8, 4) is 0 Å². The van der Waals surface area contributed by atoms with Gasteiger partial charge in [-0.3, -0.25) is 9.59 Å². The molecule has 2 aromatic heterocycles. The van der Waals surface area contributed by atoms with Gasteiger partial charge in [-0.15, -0.1) is 0 Å². The minimum atomic E-state index is 0.170. The van der Waals surface area contributed by atoms with Gasteiger partial charge in [-0.05, 0) is 50.2 Å². The molecule has 1 spiro atoms. The van der Waals surface area contributed by atoms with Crippen molar-refractivity contribution in [2.24, 2.45) is 5.41 Å². The van der Waals surface area contributed by atoms with Crippen molar-refractivity contribution in [3.63, 3.8) is 0 Å². The van der Waals surface area contributed by atoms with Gasteiger partial charge in [-0.2, -0.15) is 0 Å². The van der Waals surface area contributed by atoms with Crippen molar-refractivity contribution in [3.05, 3.63) is 35.8 Å². The van der Waals surface area contributed by atoms with Crippen LogP contribution in [0.25, 0.3) is 5.65 Å². The van der Waals surface area contributed by atoms with Gasteiger partial charge < -0.3 is 14.6 Å². The number of nitrogens with zero attached hydrogens (tertiary/aromatic N) is 3. The van der Waals surface area contributed by atoms with E-state index in [9.17, 15) is 9.59 Å². The molecule has 2 saturated heterocycles. The third kappa shape index (κ3) is 3.20. The molecular formula is C20H26N4O2. The van der Waals surface area contributed by atoms with Crippen LogP contribution in [0, 0.1) is 12.3 Å². The van der Waals surface area contributed by atoms with Gasteiger partial charge in [0.1, 0.15) is 5.65 Å². The van der Waals surface area contributed by atoms with E-state index in [0.29, 0.717) is 12.8 Å². The van der Waals surface area contributed by atoms with E-state index in [1.807, 2.05) is 40.6 Å². The number of carbonyl (C=O) groups is 2. The number of aryl methyl sites for hydroxylation is 1. The predicted octanol–water partition coefficient (Wildman–Crippen LogP) is 2.09. The van der Waals surface area contributed by atoms with Crippen molar-refractivity contribution < 1.29 is 9.59 Å². The molecule has 2 aromatic rings. The zero-order valence-corrected chi connectivity index (χ0v) is 15.3. The van der Waals surface area contributed by atoms with Crippen LogP contribution in [0.5, 0.6) is 0 Å². The normalized spacial score (nSPS) is 20.2. The van der Waals surface area contributed by atoms with Gasteiger partial charge >= 0.3 is 0 Å². The van der Waals surface area contributed by atoms with Crippen LogP contribution in [-0.4, -0.2) is 45.7 Å². The second-order valence-electron chi connectivity index (χ2n) is 7.73. The summed E-state index contributed by atoms with van der Waals surface area (Å²) in [5, 5.41) is 2.97. The average molecular weight is 354 g/mol. The number of hydrogen-bond acceptors (Lipinski definition) is 3. The molecule has 2 amide bonds. The van der Waals surface area contributed by atoms with Crippen LogP contribution in [-0.2, 0) is 16.0 Å². The molecular weight excluding hydrogens is 328 g/mol. The second kappa shape index (κ2) is 6.74. The summed E-state index contributed by atoms with van der Waals surface area (Å²) in [6.07, 6.45) is 6.97. The summed E-state index contributed by atoms with van der Waals surface area (Å²) >= 11 is 0. The zero-order chi connectivity index (χ0) is 18.1. The Morgan fingerprint density at radius 1 is 1.23 bits per heavy atom. The van der Waals surface area contributed by atoms with Gasteiger partial charge in [-0.25, -0.2) is 4.98 Å². The van der Waals surface area contributed by atoms with Crippen LogP contribution in [0.4, 0.5) is 0 Å². The molecule has 0 atom stereocenters. The zero-order valence-electron chi connectivity index (χ0n) is 15.3. The fourth-order valence-electron chi connectivity index (χ4n) is 4.42. The molecule has 4 rings (SSSR count). The van der Waals surface area contributed by atoms with E-state index in [2.05, 4.69) is 10.3 Å². The van der Waals surface area contributed by atoms with Crippen molar-refractivity contribution >= 4 is 17.5 Å². The van der Waals surface area contributed by atoms with Crippen LogP contribution in [0.3, 0.4) is 0 Å². The number of hydrogen-bond donors (Lipinski definition) is 1. The number of nitrogens with one attached hydrogen (secondary N) is 1. The van der Waals surface area contributed by atoms with Crippen molar-refractivity contribution in [2.75, 3.05) is 19.6 Å². The molecule has 26 heavy (non-hydrogen) atoms. The predicted molar refractivity (Wildman–Crippen MR) is 98.7 cm³/mol. The van der Waals surface area contributed by atoms with Crippen molar-refractivity contribution in [1.29, 1.82) is 0 Å². The summed E-state index contributed by atoms with van der Waals surface area (Å²) in [7, 11) is 0. The first kappa shape index (κ1) is 17.1. The number of pyridine rings is 1. The lowest BCUT2D eigenvalue weighted by Crippen LogP contribution is -2.44. The van der Waals surface area contributed by atoms with E-state index < -0.39 is 0 Å². The maximum Gasteiger partial charge on any atom is 0.228 e. The Bertz CT molecular complexity index is 833. The molecule has 6 nitrogen and oxygen atoms in total. The van der Waals surface area contributed by atoms with Gasteiger partial charge in [0.25, 0.3) is 0 Å². The van der Waals surface area contributed by atoms with Crippen LogP contribution in [0.1, 0.15) is 43.5 Å². The minimum absolute atomic E-state index is 0.170. The van der Waals surface area contributed by atoms with Crippen LogP contribution < -0.4 is 5.32 Å². The van der Waals surface area contributed by atoms with Crippen LogP contribution in [0.2, 0.25) is 0 Å². The highest BCUT2D eigenvalue weighted by Gasteiger charge is 2.37. The third-order valence-corrected chi connectivity index (χ3v) is 6.18. The summed E-state index contributed by atoms with van der Waals surface area (Å²) in [4.78, 5) is 31.0. The summed E-state index contributed by atoms with van der Waals surface area (Å²) in [5.74, 6) is 0.347. The molecule has 2 aliphatic heterocycles. The van der Waals surface area contributed by atoms with Gasteiger partial charge in [0.05, 0.1) is 17.8 Å². The van der Waals surface area contributed by atoms with Gasteiger partial charge in [0.2, 0.25) is 11.8 Å². The van der Waals surface area contributed by atoms with E-state index in [0.717, 1.165) is 62.4 Å². The molecule has 138 valence electrons. The highest BCUT2D eigenvalue weighted by Crippen LogP contribution is 2.40. The highest BCUT2D eigenvalue weighted by atomic mass is 16.2. The Labute approximate surface area is 153 Å². The fraction of sp³-hybridized carbons (Fsp3) is 0.550. The maximum atomic E-state index is 12.9. The lowest BCUT2D eigenvalue weighted by atomic mass is 9.73. The Balaban J connectivity index is 1.42. The molecule has 4 heterocycles. The van der Waals surface area contributed by atoms with Crippen LogP contribution >= 0.6 is 0 Å². The number of imidazole rings is 1. The topological polar surface area (TPSA) is 66.7 Å². The number of likely N-dealkylation sites (tertiary alicyclic amines) is 1. The SMILES string of the molecule is Cc1nc2ccccn2c1CC(=O)N1CCC2(CCNC(=O)CC2)CC1. The number of fused-ring (bicyclic) bond motifs is 1. The quantitative estimate of drug-likeness (QED) is 0.898. The molecule has 2 fully saturated rings. The van der Waals surface area contributed by atoms with Gasteiger partial charge in [0.15, 0.2) is 0 Å². The van der Waals surface area contributed by atoms with Gasteiger partial charge in [-0.1, -0.05) is 6.07 Å². The minimum Gasteiger partial charge on any atom is -0.356 e. The lowest BCUT2D eigenvalue weighted by molar-refractivity contribution is -0.133. The van der Waals surface area contributed by atoms with E-state index in [1.54, 1.807) is 0 Å². The van der Waals surface area contributed by atoms with E-state index >= 15 is 0 Å². The largest absolute Gasteiger partial charge is 0.356 e. The number of carbonyl (C=O) groups excluding carboxylic acids is 2. The summed E-state index contributed by atoms with van der Waals surface area (Å²) < 4.78 is 2.02. The molecule has 0 aromatic carbocycles. The van der Waals surface area contributed by atoms with Crippen LogP contribution in [0.15, 0.2) is 24.4 Å². The summed E-state index contributed by atoms with van der Waals surface area (Å²) in [6.45, 7) is 4.33. The average Bonchev–Trinajstić information content (AvgIpc) is 2.84. The first-order chi connectivity index (χ1) is 12.6. The number of piperidine rings is 1. The standard InChI is InChI=1S/C20H26N4O2/c1-15-16(24-11-3-2-4-17(24)22-15)14-19(26)23-12-8-20(9-13-23)6-5-18(25)21-10-7-20/h2-4,11H,5-10,12-14H2,1H3,(H,21,25). The van der Waals surface area contributed by atoms with E-state index in [1.165, 1.54) is 0 Å². The molecule has 0 bridgehead atoms. The lowest BCUT2D eigenvalue weighted by Gasteiger charge is -2.41. The first-order valence-corrected chi connectivity index (χ1v) is 9.53. The molecule has 0 unspecified atom stereocenters. The maximum absolute atomic E-state index is 12.9. The fourth-order valence-corrected chi connectivity index (χ4v) is 4.42. The molecule has 6 heteroatoms. The first-order valence-electron chi connectivity index (χ1n) is 9.53. The molecule has 2 aliphatic rings. The molecule has 1 N–H and O–H groups in total. The van der Waals surface area contributed by atoms with Gasteiger partial charge in [0, 0.05) is 32.3 Å². The summed E-state index contributed by atoms with van der Waals surface area (Å²) in [5.41, 5.74) is 3.03. The smallest absolute Gasteiger partial charge is 0.228 e. The second-order valence-corrected chi connectivity index (χ2v) is 7.73. The van der Waals surface area contributed by atoms with Crippen molar-refractivity contribution in [2.45, 2.75) is 45.4 Å². The Kier molecular flexibility index (Phi) is 4.42. The number of aromatic nitrogens is 2. The highest BCUT2D eigenvalue weighted by molar-refractivity contribution is 5.79. The Morgan fingerprint density at radius 3 is 2.85 bits per heavy atom. The molecule has 0 saturated carbocycles. The summed E-state index contributed by atoms with van der Waals surface area (Å²) in [6, 6.07) is 5.89. The molecule has 0 radical (unpaired) electrons. The number of rotatable bonds is 2. The molecule has 0 aliphatic carbocycles. The van der Waals surface area contributed by atoms with E-state index in [-0.39, 0.29) is 17.2 Å². The van der Waals surface area contributed by atoms with E-state index in [4.69, 9.17) is 0 Å². The number of amides is 2. The Morgan fingerprint density at radius 2 is 2.04 bits per heavy atom. The third-order valence-electron chi connectivity index (χ3n) is 6.18.